The number of benzene rings is 2. The Morgan fingerprint density at radius 2 is 2.05 bits per heavy atom. The van der Waals surface area contributed by atoms with Crippen molar-refractivity contribution >= 4 is 32.5 Å². The first-order valence-electron chi connectivity index (χ1n) is 6.35. The minimum atomic E-state index is 0.746. The number of fused-ring (bicyclic) bond motifs is 1. The Morgan fingerprint density at radius 3 is 2.85 bits per heavy atom. The lowest BCUT2D eigenvalue weighted by atomic mass is 10.2. The molecule has 0 spiro atoms. The number of anilines is 1. The highest BCUT2D eigenvalue weighted by atomic mass is 79.9. The van der Waals surface area contributed by atoms with Crippen LogP contribution in [0.1, 0.15) is 5.56 Å². The predicted octanol–water partition coefficient (Wildman–Crippen LogP) is 4.04. The van der Waals surface area contributed by atoms with E-state index < -0.39 is 0 Å². The van der Waals surface area contributed by atoms with Gasteiger partial charge in [0.2, 0.25) is 0 Å². The third-order valence-electron chi connectivity index (χ3n) is 3.43. The summed E-state index contributed by atoms with van der Waals surface area (Å²) in [5.74, 6) is 0.888. The summed E-state index contributed by atoms with van der Waals surface area (Å²) < 4.78 is 8.65. The molecule has 0 saturated carbocycles. The molecule has 0 fully saturated rings. The van der Waals surface area contributed by atoms with Crippen molar-refractivity contribution in [3.63, 3.8) is 0 Å². The summed E-state index contributed by atoms with van der Waals surface area (Å²) in [6.45, 7) is 0.746. The fourth-order valence-electron chi connectivity index (χ4n) is 2.44. The van der Waals surface area contributed by atoms with Gasteiger partial charge in [-0.05, 0) is 36.4 Å². The number of nitrogens with zero attached hydrogens (tertiary/aromatic N) is 1. The van der Waals surface area contributed by atoms with E-state index in [1.165, 1.54) is 0 Å². The molecule has 0 saturated heterocycles. The summed E-state index contributed by atoms with van der Waals surface area (Å²) in [5.41, 5.74) is 9.06. The molecule has 1 heterocycles. The standard InChI is InChI=1S/C16H15BrN2O/c1-20-16-6-5-12(17)9-11(16)10-19-8-7-13-14(18)3-2-4-15(13)19/h2-9H,10,18H2,1H3. The third kappa shape index (κ3) is 2.27. The highest BCUT2D eigenvalue weighted by Gasteiger charge is 2.08. The number of hydrogen-bond donors (Lipinski definition) is 1. The maximum Gasteiger partial charge on any atom is 0.123 e. The number of nitrogen functional groups attached to an aromatic ring is 1. The number of aromatic nitrogens is 1. The van der Waals surface area contributed by atoms with Crippen molar-refractivity contribution in [1.82, 2.24) is 4.57 Å². The zero-order chi connectivity index (χ0) is 14.1. The Bertz CT molecular complexity index is 764. The van der Waals surface area contributed by atoms with Gasteiger partial charge in [0, 0.05) is 27.3 Å². The summed E-state index contributed by atoms with van der Waals surface area (Å²) in [4.78, 5) is 0. The molecule has 3 aromatic rings. The third-order valence-corrected chi connectivity index (χ3v) is 3.92. The van der Waals surface area contributed by atoms with E-state index in [2.05, 4.69) is 44.9 Å². The van der Waals surface area contributed by atoms with E-state index in [4.69, 9.17) is 10.5 Å². The van der Waals surface area contributed by atoms with E-state index in [0.717, 1.165) is 38.9 Å². The van der Waals surface area contributed by atoms with Gasteiger partial charge in [-0.2, -0.15) is 0 Å². The van der Waals surface area contributed by atoms with Gasteiger partial charge in [-0.1, -0.05) is 22.0 Å². The van der Waals surface area contributed by atoms with E-state index in [1.807, 2.05) is 24.3 Å². The molecule has 20 heavy (non-hydrogen) atoms. The summed E-state index contributed by atoms with van der Waals surface area (Å²) in [6, 6.07) is 14.1. The number of halogens is 1. The lowest BCUT2D eigenvalue weighted by Crippen LogP contribution is -2.00. The Hall–Kier alpha value is -1.94. The molecule has 0 radical (unpaired) electrons. The van der Waals surface area contributed by atoms with Gasteiger partial charge >= 0.3 is 0 Å². The molecule has 0 bridgehead atoms. The molecule has 2 aromatic carbocycles. The monoisotopic (exact) mass is 330 g/mol. The molecule has 102 valence electrons. The van der Waals surface area contributed by atoms with E-state index in [0.29, 0.717) is 0 Å². The number of methoxy groups -OCH3 is 1. The molecule has 3 rings (SSSR count). The minimum Gasteiger partial charge on any atom is -0.496 e. The first-order chi connectivity index (χ1) is 9.69. The number of ether oxygens (including phenoxy) is 1. The fourth-order valence-corrected chi connectivity index (χ4v) is 2.85. The van der Waals surface area contributed by atoms with E-state index in [9.17, 15) is 0 Å². The highest BCUT2D eigenvalue weighted by molar-refractivity contribution is 9.10. The van der Waals surface area contributed by atoms with Crippen molar-refractivity contribution in [3.8, 4) is 5.75 Å². The van der Waals surface area contributed by atoms with Gasteiger partial charge in [0.1, 0.15) is 5.75 Å². The van der Waals surface area contributed by atoms with Crippen molar-refractivity contribution < 1.29 is 4.74 Å². The van der Waals surface area contributed by atoms with Crippen LogP contribution in [-0.4, -0.2) is 11.7 Å². The molecule has 2 N–H and O–H groups in total. The Labute approximate surface area is 126 Å². The second-order valence-electron chi connectivity index (χ2n) is 4.68. The molecular weight excluding hydrogens is 316 g/mol. The normalized spacial score (nSPS) is 10.9. The van der Waals surface area contributed by atoms with Crippen molar-refractivity contribution in [3.05, 3.63) is 58.7 Å². The van der Waals surface area contributed by atoms with Crippen molar-refractivity contribution in [2.24, 2.45) is 0 Å². The maximum atomic E-state index is 6.00. The van der Waals surface area contributed by atoms with Gasteiger partial charge < -0.3 is 15.0 Å². The first-order valence-corrected chi connectivity index (χ1v) is 7.14. The minimum absolute atomic E-state index is 0.746. The van der Waals surface area contributed by atoms with Gasteiger partial charge in [0.15, 0.2) is 0 Å². The van der Waals surface area contributed by atoms with Crippen molar-refractivity contribution in [2.75, 3.05) is 12.8 Å². The quantitative estimate of drug-likeness (QED) is 0.736. The van der Waals surface area contributed by atoms with Crippen molar-refractivity contribution in [2.45, 2.75) is 6.54 Å². The summed E-state index contributed by atoms with van der Waals surface area (Å²) in [6.07, 6.45) is 2.06. The zero-order valence-corrected chi connectivity index (χ0v) is 12.7. The van der Waals surface area contributed by atoms with E-state index in [1.54, 1.807) is 7.11 Å². The molecule has 0 unspecified atom stereocenters. The first kappa shape index (κ1) is 13.1. The molecule has 0 amide bonds. The van der Waals surface area contributed by atoms with Crippen LogP contribution in [0.15, 0.2) is 53.1 Å². The zero-order valence-electron chi connectivity index (χ0n) is 11.1. The van der Waals surface area contributed by atoms with Crippen LogP contribution < -0.4 is 10.5 Å². The van der Waals surface area contributed by atoms with E-state index >= 15 is 0 Å². The van der Waals surface area contributed by atoms with Gasteiger partial charge in [-0.3, -0.25) is 0 Å². The molecule has 1 aromatic heterocycles. The van der Waals surface area contributed by atoms with E-state index in [-0.39, 0.29) is 0 Å². The molecule has 0 aliphatic rings. The molecule has 0 aliphatic carbocycles. The molecule has 0 aliphatic heterocycles. The van der Waals surface area contributed by atoms with Crippen LogP contribution in [0.3, 0.4) is 0 Å². The second kappa shape index (κ2) is 5.21. The lowest BCUT2D eigenvalue weighted by molar-refractivity contribution is 0.408. The summed E-state index contributed by atoms with van der Waals surface area (Å²) in [7, 11) is 1.69. The Kier molecular flexibility index (Phi) is 3.40. The van der Waals surface area contributed by atoms with Gasteiger partial charge in [0.05, 0.1) is 19.2 Å². The molecular formula is C16H15BrN2O. The summed E-state index contributed by atoms with van der Waals surface area (Å²) in [5, 5.41) is 1.08. The number of nitrogens with two attached hydrogens (primary N) is 1. The average molecular weight is 331 g/mol. The highest BCUT2D eigenvalue weighted by Crippen LogP contribution is 2.27. The fraction of sp³-hybridized carbons (Fsp3) is 0.125. The van der Waals surface area contributed by atoms with Crippen LogP contribution in [0.2, 0.25) is 0 Å². The smallest absolute Gasteiger partial charge is 0.123 e. The van der Waals surface area contributed by atoms with Gasteiger partial charge in [-0.25, -0.2) is 0 Å². The van der Waals surface area contributed by atoms with Crippen LogP contribution in [0.25, 0.3) is 10.9 Å². The largest absolute Gasteiger partial charge is 0.496 e. The second-order valence-corrected chi connectivity index (χ2v) is 5.60. The molecule has 0 atom stereocenters. The summed E-state index contributed by atoms with van der Waals surface area (Å²) >= 11 is 3.51. The van der Waals surface area contributed by atoms with Gasteiger partial charge in [0.25, 0.3) is 0 Å². The number of rotatable bonds is 3. The molecule has 3 nitrogen and oxygen atoms in total. The SMILES string of the molecule is COc1ccc(Br)cc1Cn1ccc2c(N)cccc21. The average Bonchev–Trinajstić information content (AvgIpc) is 2.84. The predicted molar refractivity (Wildman–Crippen MR) is 86.1 cm³/mol. The molecule has 4 heteroatoms. The van der Waals surface area contributed by atoms with Crippen LogP contribution in [0.5, 0.6) is 5.75 Å². The Balaban J connectivity index is 2.06. The maximum absolute atomic E-state index is 6.00. The number of hydrogen-bond acceptors (Lipinski definition) is 2. The van der Waals surface area contributed by atoms with Gasteiger partial charge in [-0.15, -0.1) is 0 Å². The van der Waals surface area contributed by atoms with Crippen LogP contribution in [0.4, 0.5) is 5.69 Å². The van der Waals surface area contributed by atoms with Crippen LogP contribution in [-0.2, 0) is 6.54 Å². The topological polar surface area (TPSA) is 40.2 Å². The Morgan fingerprint density at radius 1 is 1.20 bits per heavy atom. The lowest BCUT2D eigenvalue weighted by Gasteiger charge is -2.11. The van der Waals surface area contributed by atoms with Crippen LogP contribution in [0, 0.1) is 0 Å². The van der Waals surface area contributed by atoms with Crippen LogP contribution >= 0.6 is 15.9 Å². The van der Waals surface area contributed by atoms with Crippen molar-refractivity contribution in [1.29, 1.82) is 0 Å².